The van der Waals surface area contributed by atoms with Crippen LogP contribution in [0.15, 0.2) is 51.8 Å². The van der Waals surface area contributed by atoms with Gasteiger partial charge in [0, 0.05) is 16.1 Å². The fourth-order valence-corrected chi connectivity index (χ4v) is 5.24. The van der Waals surface area contributed by atoms with Crippen LogP contribution in [-0.4, -0.2) is 31.7 Å². The SMILES string of the molecule is [C-]#[N+]c1ccc(N[C@@H](c2nnc(-c3ccc(SOOC)cc3)o2)[C@@H](C)O[Si](C)(C)C(C)(C)C)cc1C(F)(F)F. The van der Waals surface area contributed by atoms with Gasteiger partial charge in [-0.05, 0) is 61.5 Å². The molecule has 13 heteroatoms. The lowest BCUT2D eigenvalue weighted by Crippen LogP contribution is -2.45. The maximum absolute atomic E-state index is 13.6. The van der Waals surface area contributed by atoms with Gasteiger partial charge in [0.2, 0.25) is 11.8 Å². The monoisotopic (exact) mass is 580 g/mol. The van der Waals surface area contributed by atoms with Crippen LogP contribution in [0.2, 0.25) is 18.1 Å². The molecule has 39 heavy (non-hydrogen) atoms. The number of benzene rings is 2. The second-order valence-corrected chi connectivity index (χ2v) is 15.9. The minimum atomic E-state index is -4.69. The highest BCUT2D eigenvalue weighted by atomic mass is 32.2. The van der Waals surface area contributed by atoms with Crippen LogP contribution in [0.1, 0.15) is 45.2 Å². The first-order chi connectivity index (χ1) is 18.2. The molecule has 0 radical (unpaired) electrons. The molecule has 0 spiro atoms. The smallest absolute Gasteiger partial charge is 0.407 e. The van der Waals surface area contributed by atoms with E-state index >= 15 is 0 Å². The van der Waals surface area contributed by atoms with E-state index in [1.807, 2.05) is 6.92 Å². The molecule has 8 nitrogen and oxygen atoms in total. The summed E-state index contributed by atoms with van der Waals surface area (Å²) in [5.74, 6) is 0.389. The van der Waals surface area contributed by atoms with Crippen molar-refractivity contribution < 1.29 is 31.2 Å². The average molecular weight is 581 g/mol. The Morgan fingerprint density at radius 3 is 2.31 bits per heavy atom. The quantitative estimate of drug-likeness (QED) is 0.0841. The number of hydrogen-bond donors (Lipinski definition) is 1. The van der Waals surface area contributed by atoms with Crippen LogP contribution in [0.4, 0.5) is 24.5 Å². The van der Waals surface area contributed by atoms with Crippen LogP contribution in [0, 0.1) is 6.57 Å². The molecule has 0 aliphatic rings. The number of anilines is 1. The first-order valence-corrected chi connectivity index (χ1v) is 15.7. The first kappa shape index (κ1) is 30.6. The van der Waals surface area contributed by atoms with Crippen LogP contribution in [0.25, 0.3) is 16.3 Å². The van der Waals surface area contributed by atoms with Crippen molar-refractivity contribution in [2.45, 2.75) is 69.0 Å². The van der Waals surface area contributed by atoms with Gasteiger partial charge in [0.1, 0.15) is 6.04 Å². The fraction of sp³-hybridized carbons (Fsp3) is 0.423. The second kappa shape index (κ2) is 12.1. The van der Waals surface area contributed by atoms with Crippen LogP contribution in [0.3, 0.4) is 0 Å². The van der Waals surface area contributed by atoms with E-state index in [9.17, 15) is 13.2 Å². The summed E-state index contributed by atoms with van der Waals surface area (Å²) in [5.41, 5.74) is -0.716. The molecule has 1 heterocycles. The van der Waals surface area contributed by atoms with Gasteiger partial charge in [-0.15, -0.1) is 10.2 Å². The van der Waals surface area contributed by atoms with Crippen molar-refractivity contribution in [2.75, 3.05) is 12.4 Å². The predicted molar refractivity (Wildman–Crippen MR) is 145 cm³/mol. The number of alkyl halides is 3. The summed E-state index contributed by atoms with van der Waals surface area (Å²) in [6, 6.07) is 9.83. The van der Waals surface area contributed by atoms with Gasteiger partial charge in [-0.2, -0.15) is 17.5 Å². The van der Waals surface area contributed by atoms with Crippen molar-refractivity contribution in [3.63, 3.8) is 0 Å². The molecule has 2 aromatic carbocycles. The van der Waals surface area contributed by atoms with Gasteiger partial charge in [-0.1, -0.05) is 26.8 Å². The highest BCUT2D eigenvalue weighted by Crippen LogP contribution is 2.41. The number of rotatable bonds is 10. The molecule has 0 aliphatic carbocycles. The van der Waals surface area contributed by atoms with Crippen molar-refractivity contribution in [1.29, 1.82) is 0 Å². The van der Waals surface area contributed by atoms with E-state index in [1.54, 1.807) is 24.3 Å². The molecule has 0 amide bonds. The van der Waals surface area contributed by atoms with Crippen molar-refractivity contribution in [3.8, 4) is 11.5 Å². The summed E-state index contributed by atoms with van der Waals surface area (Å²) >= 11 is 1.04. The van der Waals surface area contributed by atoms with Crippen molar-refractivity contribution in [2.24, 2.45) is 0 Å². The third-order valence-electron chi connectivity index (χ3n) is 6.51. The van der Waals surface area contributed by atoms with Crippen LogP contribution in [-0.2, 0) is 19.8 Å². The molecule has 0 saturated carbocycles. The maximum atomic E-state index is 13.6. The lowest BCUT2D eigenvalue weighted by atomic mass is 10.1. The van der Waals surface area contributed by atoms with E-state index in [-0.39, 0.29) is 22.5 Å². The van der Waals surface area contributed by atoms with Gasteiger partial charge in [0.25, 0.3) is 0 Å². The molecule has 210 valence electrons. The number of nitrogens with one attached hydrogen (secondary N) is 1. The molecule has 0 unspecified atom stereocenters. The Kier molecular flexibility index (Phi) is 9.50. The fourth-order valence-electron chi connectivity index (χ4n) is 3.42. The summed E-state index contributed by atoms with van der Waals surface area (Å²) < 4.78 is 58.3. The Bertz CT molecular complexity index is 1300. The van der Waals surface area contributed by atoms with Crippen LogP contribution >= 0.6 is 12.0 Å². The highest BCUT2D eigenvalue weighted by molar-refractivity contribution is 7.94. The topological polar surface area (TPSA) is 83.0 Å². The molecule has 0 aliphatic heterocycles. The predicted octanol–water partition coefficient (Wildman–Crippen LogP) is 8.45. The lowest BCUT2D eigenvalue weighted by molar-refractivity contribution is -0.160. The van der Waals surface area contributed by atoms with Gasteiger partial charge in [0.05, 0.1) is 37.4 Å². The summed E-state index contributed by atoms with van der Waals surface area (Å²) in [6.45, 7) is 19.4. The van der Waals surface area contributed by atoms with E-state index < -0.39 is 37.9 Å². The zero-order valence-electron chi connectivity index (χ0n) is 22.7. The van der Waals surface area contributed by atoms with E-state index in [0.29, 0.717) is 5.56 Å². The molecule has 3 aromatic rings. The van der Waals surface area contributed by atoms with Gasteiger partial charge in [-0.25, -0.2) is 9.73 Å². The summed E-state index contributed by atoms with van der Waals surface area (Å²) in [5, 5.41) is 11.4. The molecule has 3 rings (SSSR count). The van der Waals surface area contributed by atoms with E-state index in [2.05, 4.69) is 59.1 Å². The minimum Gasteiger partial charge on any atom is -0.418 e. The average Bonchev–Trinajstić information content (AvgIpc) is 3.34. The van der Waals surface area contributed by atoms with Crippen LogP contribution in [0.5, 0.6) is 0 Å². The first-order valence-electron chi connectivity index (χ1n) is 12.0. The number of nitrogens with zero attached hydrogens (tertiary/aromatic N) is 3. The summed E-state index contributed by atoms with van der Waals surface area (Å²) in [4.78, 5) is 8.39. The molecule has 0 bridgehead atoms. The van der Waals surface area contributed by atoms with Crippen molar-refractivity contribution in [1.82, 2.24) is 10.2 Å². The third kappa shape index (κ3) is 7.61. The van der Waals surface area contributed by atoms with Crippen LogP contribution < -0.4 is 5.32 Å². The largest absolute Gasteiger partial charge is 0.418 e. The van der Waals surface area contributed by atoms with Crippen molar-refractivity contribution in [3.05, 3.63) is 65.3 Å². The van der Waals surface area contributed by atoms with Gasteiger partial charge < -0.3 is 14.2 Å². The van der Waals surface area contributed by atoms with E-state index in [0.717, 1.165) is 29.1 Å². The van der Waals surface area contributed by atoms with Gasteiger partial charge >= 0.3 is 6.18 Å². The summed E-state index contributed by atoms with van der Waals surface area (Å²) in [7, 11) is -0.878. The number of halogens is 3. The molecular weight excluding hydrogens is 549 g/mol. The zero-order valence-corrected chi connectivity index (χ0v) is 24.5. The van der Waals surface area contributed by atoms with Gasteiger partial charge in [0.15, 0.2) is 14.0 Å². The highest BCUT2D eigenvalue weighted by Gasteiger charge is 2.41. The van der Waals surface area contributed by atoms with Gasteiger partial charge in [-0.3, -0.25) is 0 Å². The second-order valence-electron chi connectivity index (χ2n) is 10.3. The van der Waals surface area contributed by atoms with E-state index in [4.69, 9.17) is 19.7 Å². The Balaban J connectivity index is 1.97. The van der Waals surface area contributed by atoms with E-state index in [1.165, 1.54) is 13.2 Å². The molecule has 0 saturated heterocycles. The molecule has 2 atom stereocenters. The summed E-state index contributed by atoms with van der Waals surface area (Å²) in [6.07, 6.45) is -5.23. The Labute approximate surface area is 231 Å². The lowest BCUT2D eigenvalue weighted by Gasteiger charge is -2.40. The Hall–Kier alpha value is -2.89. The normalized spacial score (nSPS) is 14.1. The Morgan fingerprint density at radius 1 is 1.08 bits per heavy atom. The maximum Gasteiger partial charge on any atom is 0.407 e. The standard InChI is InChI=1S/C26H31F3N4O4SSi/c1-16(36-39(7,8)25(2,3)4)22(31-18-11-14-21(30-5)20(15-18)26(27,28)29)24-33-32-23(35-24)17-9-12-19(13-10-17)38-37-34-6/h9-16,22,31H,1-4,6-8H3/t16-,22-/m1/s1. The molecule has 0 fully saturated rings. The number of aromatic nitrogens is 2. The van der Waals surface area contributed by atoms with Crippen molar-refractivity contribution >= 4 is 31.7 Å². The minimum absolute atomic E-state index is 0.112. The Morgan fingerprint density at radius 2 is 1.74 bits per heavy atom. The molecular formula is C26H31F3N4O4SSi. The number of hydrogen-bond acceptors (Lipinski definition) is 8. The zero-order chi connectivity index (χ0) is 29.0. The molecule has 1 N–H and O–H groups in total. The molecule has 1 aromatic heterocycles. The third-order valence-corrected chi connectivity index (χ3v) is 11.7.